The molecular formula is C17H28IN3O. The van der Waals surface area contributed by atoms with Gasteiger partial charge in [-0.3, -0.25) is 4.99 Å². The fraction of sp³-hybridized carbons (Fsp3) is 0.941. The van der Waals surface area contributed by atoms with E-state index in [0.717, 1.165) is 35.5 Å². The molecule has 5 saturated carbocycles. The third-order valence-electron chi connectivity index (χ3n) is 7.52. The zero-order valence-electron chi connectivity index (χ0n) is 13.6. The molecule has 5 aliphatic carbocycles. The van der Waals surface area contributed by atoms with Crippen LogP contribution in [0.4, 0.5) is 0 Å². The first-order chi connectivity index (χ1) is 9.81. The van der Waals surface area contributed by atoms with Gasteiger partial charge in [-0.15, -0.1) is 24.0 Å². The van der Waals surface area contributed by atoms with Crippen LogP contribution in [0.2, 0.25) is 0 Å². The summed E-state index contributed by atoms with van der Waals surface area (Å²) in [7, 11) is 0. The van der Waals surface area contributed by atoms with Gasteiger partial charge >= 0.3 is 0 Å². The Morgan fingerprint density at radius 3 is 2.45 bits per heavy atom. The van der Waals surface area contributed by atoms with E-state index < -0.39 is 5.60 Å². The van der Waals surface area contributed by atoms with Crippen molar-refractivity contribution in [2.24, 2.45) is 58.1 Å². The number of fused-ring (bicyclic) bond motifs is 2. The fourth-order valence-corrected chi connectivity index (χ4v) is 7.57. The van der Waals surface area contributed by atoms with Gasteiger partial charge in [0.1, 0.15) is 0 Å². The second-order valence-corrected chi connectivity index (χ2v) is 9.40. The Kier molecular flexibility index (Phi) is 3.04. The van der Waals surface area contributed by atoms with Gasteiger partial charge in [-0.05, 0) is 81.0 Å². The average molecular weight is 417 g/mol. The molecule has 0 heterocycles. The summed E-state index contributed by atoms with van der Waals surface area (Å²) in [6.07, 6.45) is 2.80. The number of aliphatic hydroxyl groups is 1. The summed E-state index contributed by atoms with van der Waals surface area (Å²) < 4.78 is 0. The third kappa shape index (κ3) is 1.60. The number of guanidine groups is 1. The Hall–Kier alpha value is -0.0400. The molecule has 5 aliphatic rings. The van der Waals surface area contributed by atoms with Crippen molar-refractivity contribution in [1.82, 2.24) is 5.32 Å². The zero-order valence-corrected chi connectivity index (χ0v) is 16.0. The first-order valence-corrected chi connectivity index (χ1v) is 8.62. The second kappa shape index (κ2) is 4.32. The van der Waals surface area contributed by atoms with Crippen LogP contribution in [0.25, 0.3) is 0 Å². The molecule has 0 radical (unpaired) electrons. The normalized spacial score (nSPS) is 56.3. The van der Waals surface area contributed by atoms with Gasteiger partial charge in [-0.1, -0.05) is 0 Å². The SMILES string of the molecule is CC(C)(C)NC(N)=NCC1(O)C2C3CC4C5C3CC2C5C41.I. The molecule has 124 valence electrons. The van der Waals surface area contributed by atoms with Crippen LogP contribution in [0.1, 0.15) is 33.6 Å². The van der Waals surface area contributed by atoms with Crippen LogP contribution in [0, 0.1) is 47.3 Å². The average Bonchev–Trinajstić information content (AvgIpc) is 2.83. The summed E-state index contributed by atoms with van der Waals surface area (Å²) in [6.45, 7) is 6.74. The number of nitrogens with zero attached hydrogens (tertiary/aromatic N) is 1. The largest absolute Gasteiger partial charge is 0.387 e. The lowest BCUT2D eigenvalue weighted by Gasteiger charge is -2.51. The monoisotopic (exact) mass is 417 g/mol. The van der Waals surface area contributed by atoms with Crippen molar-refractivity contribution in [2.75, 3.05) is 6.54 Å². The molecule has 22 heavy (non-hydrogen) atoms. The Morgan fingerprint density at radius 1 is 1.14 bits per heavy atom. The lowest BCUT2D eigenvalue weighted by atomic mass is 9.56. The van der Waals surface area contributed by atoms with Crippen molar-refractivity contribution >= 4 is 29.9 Å². The van der Waals surface area contributed by atoms with Crippen LogP contribution >= 0.6 is 24.0 Å². The Labute approximate surface area is 149 Å². The topological polar surface area (TPSA) is 70.6 Å². The van der Waals surface area contributed by atoms with Gasteiger partial charge in [0.25, 0.3) is 0 Å². The molecule has 0 spiro atoms. The third-order valence-corrected chi connectivity index (χ3v) is 7.52. The number of hydrogen-bond acceptors (Lipinski definition) is 2. The molecule has 9 atom stereocenters. The predicted molar refractivity (Wildman–Crippen MR) is 96.9 cm³/mol. The minimum Gasteiger partial charge on any atom is -0.387 e. The quantitative estimate of drug-likeness (QED) is 0.365. The number of nitrogens with two attached hydrogens (primary N) is 1. The second-order valence-electron chi connectivity index (χ2n) is 9.40. The Morgan fingerprint density at radius 2 is 1.77 bits per heavy atom. The molecular weight excluding hydrogens is 389 g/mol. The summed E-state index contributed by atoms with van der Waals surface area (Å²) in [5.74, 6) is 6.73. The van der Waals surface area contributed by atoms with E-state index in [2.05, 4.69) is 31.1 Å². The highest BCUT2D eigenvalue weighted by Crippen LogP contribution is 2.85. The molecule has 0 amide bonds. The van der Waals surface area contributed by atoms with Crippen molar-refractivity contribution in [3.8, 4) is 0 Å². The lowest BCUT2D eigenvalue weighted by Crippen LogP contribution is -2.56. The molecule has 5 fully saturated rings. The van der Waals surface area contributed by atoms with Gasteiger partial charge in [0.15, 0.2) is 5.96 Å². The van der Waals surface area contributed by atoms with Crippen LogP contribution in [0.5, 0.6) is 0 Å². The molecule has 4 nitrogen and oxygen atoms in total. The highest BCUT2D eigenvalue weighted by atomic mass is 127. The minimum atomic E-state index is -0.547. The molecule has 0 aromatic carbocycles. The van der Waals surface area contributed by atoms with Crippen LogP contribution in [0.15, 0.2) is 4.99 Å². The molecule has 4 N–H and O–H groups in total. The first kappa shape index (κ1) is 15.5. The maximum atomic E-state index is 11.4. The summed E-state index contributed by atoms with van der Waals surface area (Å²) in [5, 5.41) is 14.6. The van der Waals surface area contributed by atoms with Gasteiger partial charge in [-0.25, -0.2) is 0 Å². The van der Waals surface area contributed by atoms with Crippen LogP contribution in [0.3, 0.4) is 0 Å². The van der Waals surface area contributed by atoms with E-state index in [4.69, 9.17) is 5.73 Å². The van der Waals surface area contributed by atoms with E-state index in [1.165, 1.54) is 12.8 Å². The van der Waals surface area contributed by atoms with E-state index >= 15 is 0 Å². The smallest absolute Gasteiger partial charge is 0.189 e. The number of rotatable bonds is 2. The summed E-state index contributed by atoms with van der Waals surface area (Å²) in [5.41, 5.74) is 5.39. The van der Waals surface area contributed by atoms with Crippen LogP contribution in [-0.4, -0.2) is 28.8 Å². The van der Waals surface area contributed by atoms with E-state index in [1.54, 1.807) is 0 Å². The highest BCUT2D eigenvalue weighted by molar-refractivity contribution is 14.0. The summed E-state index contributed by atoms with van der Waals surface area (Å²) in [4.78, 5) is 4.54. The standard InChI is InChI=1S/C17H27N3O.HI/c1-16(2,3)20-15(18)19-6-17(21)13-8-5-9-11-7(8)4-10(13)12(11)14(9)17;/h7-14,21H,4-6H2,1-3H3,(H3,18,19,20);1H. The minimum absolute atomic E-state index is 0. The molecule has 9 unspecified atom stereocenters. The fourth-order valence-electron chi connectivity index (χ4n) is 7.57. The van der Waals surface area contributed by atoms with Gasteiger partial charge < -0.3 is 16.2 Å². The van der Waals surface area contributed by atoms with Gasteiger partial charge in [0.05, 0.1) is 12.1 Å². The maximum absolute atomic E-state index is 11.4. The molecule has 5 rings (SSSR count). The molecule has 0 aromatic rings. The van der Waals surface area contributed by atoms with Gasteiger partial charge in [0, 0.05) is 5.54 Å². The molecule has 0 aromatic heterocycles. The number of aliphatic imine (C=N–C) groups is 1. The number of halogens is 1. The van der Waals surface area contributed by atoms with Crippen molar-refractivity contribution in [1.29, 1.82) is 0 Å². The predicted octanol–water partition coefficient (Wildman–Crippen LogP) is 1.82. The van der Waals surface area contributed by atoms with Crippen molar-refractivity contribution in [2.45, 2.75) is 44.8 Å². The van der Waals surface area contributed by atoms with Crippen LogP contribution < -0.4 is 11.1 Å². The zero-order chi connectivity index (χ0) is 14.7. The number of hydrogen-bond donors (Lipinski definition) is 3. The molecule has 2 bridgehead atoms. The van der Waals surface area contributed by atoms with Gasteiger partial charge in [-0.2, -0.15) is 0 Å². The molecule has 0 saturated heterocycles. The van der Waals surface area contributed by atoms with Gasteiger partial charge in [0.2, 0.25) is 0 Å². The van der Waals surface area contributed by atoms with E-state index in [0.29, 0.717) is 24.3 Å². The summed E-state index contributed by atoms with van der Waals surface area (Å²) in [6, 6.07) is 0. The van der Waals surface area contributed by atoms with Crippen molar-refractivity contribution in [3.63, 3.8) is 0 Å². The summed E-state index contributed by atoms with van der Waals surface area (Å²) >= 11 is 0. The van der Waals surface area contributed by atoms with Crippen LogP contribution in [-0.2, 0) is 0 Å². The van der Waals surface area contributed by atoms with Crippen molar-refractivity contribution in [3.05, 3.63) is 0 Å². The Balaban J connectivity index is 0.00000125. The highest BCUT2D eigenvalue weighted by Gasteiger charge is 2.84. The first-order valence-electron chi connectivity index (χ1n) is 8.62. The van der Waals surface area contributed by atoms with E-state index in [1.807, 2.05) is 0 Å². The molecule has 5 heteroatoms. The lowest BCUT2D eigenvalue weighted by molar-refractivity contribution is -0.123. The maximum Gasteiger partial charge on any atom is 0.189 e. The van der Waals surface area contributed by atoms with Crippen molar-refractivity contribution < 1.29 is 5.11 Å². The van der Waals surface area contributed by atoms with E-state index in [-0.39, 0.29) is 29.5 Å². The number of nitrogens with one attached hydrogen (secondary N) is 1. The molecule has 0 aliphatic heterocycles. The van der Waals surface area contributed by atoms with E-state index in [9.17, 15) is 5.11 Å². The Bertz CT molecular complexity index is 539.